The Labute approximate surface area is 169 Å². The Morgan fingerprint density at radius 2 is 1.66 bits per heavy atom. The van der Waals surface area contributed by atoms with Crippen molar-refractivity contribution in [1.82, 2.24) is 10.2 Å². The fourth-order valence-electron chi connectivity index (χ4n) is 4.48. The third kappa shape index (κ3) is 4.81. The normalized spacial score (nSPS) is 32.0. The van der Waals surface area contributed by atoms with Gasteiger partial charge >= 0.3 is 12.3 Å². The molecular formula is C20H31F3N2O4. The van der Waals surface area contributed by atoms with Crippen molar-refractivity contribution in [2.24, 2.45) is 5.92 Å². The second-order valence-corrected chi connectivity index (χ2v) is 9.86. The summed E-state index contributed by atoms with van der Waals surface area (Å²) < 4.78 is 44.3. The number of carbonyl (C=O) groups is 2. The molecule has 3 aliphatic rings. The number of alkyl halides is 3. The molecule has 1 saturated heterocycles. The summed E-state index contributed by atoms with van der Waals surface area (Å²) in [5.74, 6) is -0.429. The number of nitrogens with zero attached hydrogens (tertiary/aromatic N) is 1. The van der Waals surface area contributed by atoms with E-state index in [0.29, 0.717) is 19.4 Å². The minimum absolute atomic E-state index is 0.101. The largest absolute Gasteiger partial charge is 0.444 e. The Kier molecular flexibility index (Phi) is 5.60. The molecule has 1 atom stereocenters. The highest BCUT2D eigenvalue weighted by Crippen LogP contribution is 2.50. The fraction of sp³-hybridized carbons (Fsp3) is 0.900. The van der Waals surface area contributed by atoms with Crippen molar-refractivity contribution in [3.63, 3.8) is 0 Å². The average Bonchev–Trinajstić information content (AvgIpc) is 3.33. The third-order valence-corrected chi connectivity index (χ3v) is 6.40. The van der Waals surface area contributed by atoms with Gasteiger partial charge in [0.15, 0.2) is 5.60 Å². The summed E-state index contributed by atoms with van der Waals surface area (Å²) in [7, 11) is 0. The van der Waals surface area contributed by atoms with E-state index in [-0.39, 0.29) is 42.3 Å². The third-order valence-electron chi connectivity index (χ3n) is 6.40. The lowest BCUT2D eigenvalue weighted by molar-refractivity contribution is -0.270. The minimum Gasteiger partial charge on any atom is -0.444 e. The zero-order valence-electron chi connectivity index (χ0n) is 17.3. The van der Waals surface area contributed by atoms with E-state index < -0.39 is 30.2 Å². The van der Waals surface area contributed by atoms with Crippen molar-refractivity contribution >= 4 is 12.0 Å². The number of hydrogen-bond acceptors (Lipinski definition) is 4. The maximum Gasteiger partial charge on any atom is 0.417 e. The summed E-state index contributed by atoms with van der Waals surface area (Å²) in [5.41, 5.74) is -3.56. The summed E-state index contributed by atoms with van der Waals surface area (Å²) in [4.78, 5) is 26.9. The van der Waals surface area contributed by atoms with E-state index in [9.17, 15) is 27.9 Å². The van der Waals surface area contributed by atoms with E-state index in [4.69, 9.17) is 4.74 Å². The predicted octanol–water partition coefficient (Wildman–Crippen LogP) is 3.52. The van der Waals surface area contributed by atoms with Gasteiger partial charge < -0.3 is 20.1 Å². The van der Waals surface area contributed by atoms with E-state index in [1.807, 2.05) is 20.8 Å². The van der Waals surface area contributed by atoms with Crippen LogP contribution < -0.4 is 5.32 Å². The number of piperidine rings is 1. The van der Waals surface area contributed by atoms with E-state index in [1.54, 1.807) is 4.90 Å². The van der Waals surface area contributed by atoms with Crippen molar-refractivity contribution in [3.8, 4) is 0 Å². The molecule has 6 nitrogen and oxygen atoms in total. The Bertz CT molecular complexity index is 647. The van der Waals surface area contributed by atoms with Crippen LogP contribution in [0.3, 0.4) is 0 Å². The van der Waals surface area contributed by atoms with Crippen LogP contribution in [-0.2, 0) is 9.53 Å². The number of amides is 2. The molecule has 2 amide bonds. The summed E-state index contributed by atoms with van der Waals surface area (Å²) in [6.45, 7) is 5.88. The highest BCUT2D eigenvalue weighted by molar-refractivity contribution is 5.80. The van der Waals surface area contributed by atoms with Crippen LogP contribution in [0.5, 0.6) is 0 Å². The molecule has 1 heterocycles. The zero-order valence-corrected chi connectivity index (χ0v) is 17.3. The van der Waals surface area contributed by atoms with Crippen molar-refractivity contribution in [2.75, 3.05) is 6.54 Å². The van der Waals surface area contributed by atoms with Gasteiger partial charge in [-0.05, 0) is 72.1 Å². The molecule has 3 rings (SSSR count). The number of hydrogen-bond donors (Lipinski definition) is 2. The minimum atomic E-state index is -4.64. The maximum atomic E-state index is 12.9. The van der Waals surface area contributed by atoms with Crippen LogP contribution in [0.25, 0.3) is 0 Å². The second kappa shape index (κ2) is 7.32. The van der Waals surface area contributed by atoms with Gasteiger partial charge in [-0.1, -0.05) is 0 Å². The first-order valence-corrected chi connectivity index (χ1v) is 10.3. The molecule has 2 aliphatic carbocycles. The molecule has 0 bridgehead atoms. The van der Waals surface area contributed by atoms with E-state index in [1.165, 1.54) is 0 Å². The first-order valence-electron chi connectivity index (χ1n) is 10.3. The molecule has 0 radical (unpaired) electrons. The van der Waals surface area contributed by atoms with Gasteiger partial charge in [0.25, 0.3) is 0 Å². The van der Waals surface area contributed by atoms with Gasteiger partial charge in [0, 0.05) is 24.0 Å². The zero-order chi connectivity index (χ0) is 21.7. The molecular weight excluding hydrogens is 389 g/mol. The summed E-state index contributed by atoms with van der Waals surface area (Å²) in [6.07, 6.45) is -2.88. The van der Waals surface area contributed by atoms with Crippen LogP contribution in [-0.4, -0.2) is 57.5 Å². The van der Waals surface area contributed by atoms with Gasteiger partial charge in [0.05, 0.1) is 0 Å². The molecule has 0 aromatic heterocycles. The number of ether oxygens (including phenoxy) is 1. The van der Waals surface area contributed by atoms with Crippen molar-refractivity contribution in [1.29, 1.82) is 0 Å². The average molecular weight is 420 g/mol. The number of rotatable bonds is 2. The lowest BCUT2D eigenvalue weighted by Crippen LogP contribution is -2.54. The van der Waals surface area contributed by atoms with E-state index >= 15 is 0 Å². The molecule has 29 heavy (non-hydrogen) atoms. The first-order chi connectivity index (χ1) is 13.2. The molecule has 9 heteroatoms. The molecule has 3 fully saturated rings. The van der Waals surface area contributed by atoms with Gasteiger partial charge in [-0.25, -0.2) is 4.79 Å². The number of carbonyl (C=O) groups excluding carboxylic acids is 2. The van der Waals surface area contributed by atoms with Crippen molar-refractivity contribution in [3.05, 3.63) is 0 Å². The Hall–Kier alpha value is -1.51. The van der Waals surface area contributed by atoms with E-state index in [0.717, 1.165) is 12.8 Å². The van der Waals surface area contributed by atoms with Crippen LogP contribution >= 0.6 is 0 Å². The van der Waals surface area contributed by atoms with Gasteiger partial charge in [0.1, 0.15) is 5.60 Å². The topological polar surface area (TPSA) is 78.9 Å². The standard InChI is InChI=1S/C20H31F3N2O4/c1-17(2,3)29-16(27)25-11-6-13(12-18(25)9-10-18)15(26)24-14-4-7-19(28,8-5-14)20(21,22)23/h13-14,28H,4-12H2,1-3H3,(H,24,26). The smallest absolute Gasteiger partial charge is 0.417 e. The molecule has 2 saturated carbocycles. The molecule has 1 unspecified atom stereocenters. The molecule has 1 aliphatic heterocycles. The highest BCUT2D eigenvalue weighted by Gasteiger charge is 2.56. The Morgan fingerprint density at radius 1 is 1.07 bits per heavy atom. The molecule has 0 aromatic carbocycles. The first kappa shape index (κ1) is 22.2. The quantitative estimate of drug-likeness (QED) is 0.717. The van der Waals surface area contributed by atoms with Crippen LogP contribution in [0.4, 0.5) is 18.0 Å². The van der Waals surface area contributed by atoms with Gasteiger partial charge in [-0.15, -0.1) is 0 Å². The Balaban J connectivity index is 1.52. The van der Waals surface area contributed by atoms with Crippen molar-refractivity contribution in [2.45, 2.75) is 101 Å². The van der Waals surface area contributed by atoms with Crippen LogP contribution in [0, 0.1) is 5.92 Å². The SMILES string of the molecule is CC(C)(C)OC(=O)N1CCC(C(=O)NC2CCC(O)(C(F)(F)F)CC2)CC12CC2. The summed E-state index contributed by atoms with van der Waals surface area (Å²) >= 11 is 0. The van der Waals surface area contributed by atoms with E-state index in [2.05, 4.69) is 5.32 Å². The lowest BCUT2D eigenvalue weighted by Gasteiger charge is -2.41. The number of halogens is 3. The van der Waals surface area contributed by atoms with Crippen LogP contribution in [0.2, 0.25) is 0 Å². The fourth-order valence-corrected chi connectivity index (χ4v) is 4.48. The lowest BCUT2D eigenvalue weighted by atomic mass is 9.81. The van der Waals surface area contributed by atoms with Gasteiger partial charge in [-0.3, -0.25) is 4.79 Å². The van der Waals surface area contributed by atoms with Gasteiger partial charge in [0.2, 0.25) is 5.91 Å². The number of nitrogens with one attached hydrogen (secondary N) is 1. The number of aliphatic hydroxyl groups is 1. The molecule has 1 spiro atoms. The highest BCUT2D eigenvalue weighted by atomic mass is 19.4. The summed E-state index contributed by atoms with van der Waals surface area (Å²) in [5, 5.41) is 12.6. The maximum absolute atomic E-state index is 12.9. The van der Waals surface area contributed by atoms with Crippen LogP contribution in [0.1, 0.15) is 72.1 Å². The molecule has 2 N–H and O–H groups in total. The monoisotopic (exact) mass is 420 g/mol. The van der Waals surface area contributed by atoms with Crippen molar-refractivity contribution < 1.29 is 32.6 Å². The Morgan fingerprint density at radius 3 is 2.14 bits per heavy atom. The second-order valence-electron chi connectivity index (χ2n) is 9.86. The summed E-state index contributed by atoms with van der Waals surface area (Å²) in [6, 6.07) is -0.357. The molecule has 0 aromatic rings. The number of likely N-dealkylation sites (tertiary alicyclic amines) is 1. The predicted molar refractivity (Wildman–Crippen MR) is 99.0 cm³/mol. The molecule has 166 valence electrons. The van der Waals surface area contributed by atoms with Crippen LogP contribution in [0.15, 0.2) is 0 Å². The van der Waals surface area contributed by atoms with Gasteiger partial charge in [-0.2, -0.15) is 13.2 Å².